The SMILES string of the molecule is CNc1nc(C(=O)N2CC[C@H](O)[C@@](CO)(Cc3ccc(F)cc3)C2)cs1. The summed E-state index contributed by atoms with van der Waals surface area (Å²) in [5, 5.41) is 25.9. The Kier molecular flexibility index (Phi) is 5.55. The van der Waals surface area contributed by atoms with Crippen molar-refractivity contribution < 1.29 is 19.4 Å². The molecule has 1 aromatic heterocycles. The highest BCUT2D eigenvalue weighted by atomic mass is 32.1. The summed E-state index contributed by atoms with van der Waals surface area (Å²) in [6.07, 6.45) is -0.0192. The Morgan fingerprint density at radius 2 is 2.19 bits per heavy atom. The van der Waals surface area contributed by atoms with Gasteiger partial charge in [-0.3, -0.25) is 4.79 Å². The average molecular weight is 379 g/mol. The highest BCUT2D eigenvalue weighted by Crippen LogP contribution is 2.34. The van der Waals surface area contributed by atoms with E-state index in [0.29, 0.717) is 30.2 Å². The predicted octanol–water partition coefficient (Wildman–Crippen LogP) is 1.75. The summed E-state index contributed by atoms with van der Waals surface area (Å²) in [5.74, 6) is -0.553. The molecule has 1 amide bonds. The Bertz CT molecular complexity index is 767. The van der Waals surface area contributed by atoms with E-state index in [1.807, 2.05) is 0 Å². The molecule has 0 radical (unpaired) electrons. The van der Waals surface area contributed by atoms with Crippen LogP contribution < -0.4 is 5.32 Å². The zero-order valence-corrected chi connectivity index (χ0v) is 15.3. The van der Waals surface area contributed by atoms with E-state index in [4.69, 9.17) is 0 Å². The molecule has 6 nitrogen and oxygen atoms in total. The van der Waals surface area contributed by atoms with Gasteiger partial charge in [0, 0.05) is 30.9 Å². The minimum absolute atomic E-state index is 0.216. The number of nitrogens with zero attached hydrogens (tertiary/aromatic N) is 2. The molecule has 140 valence electrons. The number of likely N-dealkylation sites (tertiary alicyclic amines) is 1. The van der Waals surface area contributed by atoms with E-state index < -0.39 is 11.5 Å². The molecule has 0 aliphatic carbocycles. The predicted molar refractivity (Wildman–Crippen MR) is 97.8 cm³/mol. The minimum Gasteiger partial charge on any atom is -0.396 e. The van der Waals surface area contributed by atoms with E-state index >= 15 is 0 Å². The third-order valence-electron chi connectivity index (χ3n) is 4.89. The van der Waals surface area contributed by atoms with E-state index in [0.717, 1.165) is 5.56 Å². The van der Waals surface area contributed by atoms with Crippen molar-refractivity contribution in [1.29, 1.82) is 0 Å². The number of carbonyl (C=O) groups excluding carboxylic acids is 1. The molecule has 8 heteroatoms. The molecular weight excluding hydrogens is 357 g/mol. The van der Waals surface area contributed by atoms with E-state index in [1.54, 1.807) is 29.5 Å². The lowest BCUT2D eigenvalue weighted by Gasteiger charge is -2.45. The first-order valence-electron chi connectivity index (χ1n) is 8.43. The number of halogens is 1. The summed E-state index contributed by atoms with van der Waals surface area (Å²) < 4.78 is 13.1. The van der Waals surface area contributed by atoms with Gasteiger partial charge in [-0.25, -0.2) is 9.37 Å². The summed E-state index contributed by atoms with van der Waals surface area (Å²) in [6, 6.07) is 5.99. The van der Waals surface area contributed by atoms with Crippen LogP contribution in [-0.4, -0.2) is 58.9 Å². The van der Waals surface area contributed by atoms with Crippen LogP contribution in [0.5, 0.6) is 0 Å². The first-order valence-corrected chi connectivity index (χ1v) is 9.31. The summed E-state index contributed by atoms with van der Waals surface area (Å²) in [7, 11) is 1.74. The lowest BCUT2D eigenvalue weighted by molar-refractivity contribution is -0.0669. The van der Waals surface area contributed by atoms with Crippen LogP contribution in [0.3, 0.4) is 0 Å². The van der Waals surface area contributed by atoms with Crippen LogP contribution in [0.2, 0.25) is 0 Å². The highest BCUT2D eigenvalue weighted by Gasteiger charge is 2.44. The third-order valence-corrected chi connectivity index (χ3v) is 5.75. The van der Waals surface area contributed by atoms with Gasteiger partial charge < -0.3 is 20.4 Å². The number of nitrogens with one attached hydrogen (secondary N) is 1. The van der Waals surface area contributed by atoms with Crippen molar-refractivity contribution in [2.45, 2.75) is 18.9 Å². The number of carbonyl (C=O) groups is 1. The average Bonchev–Trinajstić information content (AvgIpc) is 3.14. The smallest absolute Gasteiger partial charge is 0.273 e. The molecule has 1 aliphatic heterocycles. The zero-order valence-electron chi connectivity index (χ0n) is 14.5. The lowest BCUT2D eigenvalue weighted by Crippen LogP contribution is -2.56. The molecule has 2 atom stereocenters. The second-order valence-electron chi connectivity index (χ2n) is 6.64. The molecule has 0 spiro atoms. The number of hydrogen-bond acceptors (Lipinski definition) is 6. The minimum atomic E-state index is -0.881. The van der Waals surface area contributed by atoms with Crippen LogP contribution in [0.25, 0.3) is 0 Å². The molecule has 2 heterocycles. The number of hydrogen-bond donors (Lipinski definition) is 3. The van der Waals surface area contributed by atoms with Crippen LogP contribution in [0.4, 0.5) is 9.52 Å². The number of benzene rings is 1. The normalized spacial score (nSPS) is 23.1. The van der Waals surface area contributed by atoms with Crippen molar-refractivity contribution in [2.75, 3.05) is 32.1 Å². The summed E-state index contributed by atoms with van der Waals surface area (Å²) >= 11 is 1.35. The van der Waals surface area contributed by atoms with Gasteiger partial charge in [0.15, 0.2) is 5.13 Å². The van der Waals surface area contributed by atoms with E-state index in [1.165, 1.54) is 23.5 Å². The second-order valence-corrected chi connectivity index (χ2v) is 7.50. The van der Waals surface area contributed by atoms with Crippen LogP contribution in [0, 0.1) is 11.2 Å². The Balaban J connectivity index is 1.80. The number of aliphatic hydroxyl groups excluding tert-OH is 2. The third kappa shape index (κ3) is 3.72. The number of amides is 1. The number of aliphatic hydroxyl groups is 2. The molecular formula is C18H22FN3O3S. The number of thiazole rings is 1. The molecule has 3 N–H and O–H groups in total. The van der Waals surface area contributed by atoms with Crippen molar-refractivity contribution >= 4 is 22.4 Å². The summed E-state index contributed by atoms with van der Waals surface area (Å²) in [5.41, 5.74) is 0.275. The van der Waals surface area contributed by atoms with Gasteiger partial charge >= 0.3 is 0 Å². The van der Waals surface area contributed by atoms with Gasteiger partial charge in [0.2, 0.25) is 0 Å². The molecule has 1 aromatic carbocycles. The molecule has 1 saturated heterocycles. The van der Waals surface area contributed by atoms with Gasteiger partial charge in [0.05, 0.1) is 12.7 Å². The molecule has 1 aliphatic rings. The van der Waals surface area contributed by atoms with E-state index in [9.17, 15) is 19.4 Å². The Hall–Kier alpha value is -2.03. The van der Waals surface area contributed by atoms with Crippen molar-refractivity contribution in [3.63, 3.8) is 0 Å². The van der Waals surface area contributed by atoms with Gasteiger partial charge in [0.1, 0.15) is 11.5 Å². The fourth-order valence-electron chi connectivity index (χ4n) is 3.36. The molecule has 1 fully saturated rings. The molecule has 3 rings (SSSR count). The quantitative estimate of drug-likeness (QED) is 0.737. The monoisotopic (exact) mass is 379 g/mol. The van der Waals surface area contributed by atoms with Gasteiger partial charge in [-0.1, -0.05) is 12.1 Å². The van der Waals surface area contributed by atoms with Crippen LogP contribution in [-0.2, 0) is 6.42 Å². The van der Waals surface area contributed by atoms with Crippen LogP contribution in [0.15, 0.2) is 29.6 Å². The van der Waals surface area contributed by atoms with E-state index in [2.05, 4.69) is 10.3 Å². The maximum atomic E-state index is 13.1. The van der Waals surface area contributed by atoms with Crippen LogP contribution >= 0.6 is 11.3 Å². The second kappa shape index (κ2) is 7.69. The standard InChI is InChI=1S/C18H22FN3O3S/c1-20-17-21-14(9-26-17)16(25)22-7-6-15(24)18(10-22,11-23)8-12-2-4-13(19)5-3-12/h2-5,9,15,23-24H,6-8,10-11H2,1H3,(H,20,21)/t15-,18-/m0/s1. The maximum Gasteiger partial charge on any atom is 0.273 e. The largest absolute Gasteiger partial charge is 0.396 e. The van der Waals surface area contributed by atoms with Crippen molar-refractivity contribution in [2.24, 2.45) is 5.41 Å². The Morgan fingerprint density at radius 1 is 1.46 bits per heavy atom. The van der Waals surface area contributed by atoms with Crippen molar-refractivity contribution in [3.8, 4) is 0 Å². The number of piperidine rings is 1. The Labute approximate surface area is 155 Å². The van der Waals surface area contributed by atoms with Crippen LogP contribution in [0.1, 0.15) is 22.5 Å². The topological polar surface area (TPSA) is 85.7 Å². The molecule has 26 heavy (non-hydrogen) atoms. The first-order chi connectivity index (χ1) is 12.5. The fraction of sp³-hybridized carbons (Fsp3) is 0.444. The molecule has 0 unspecified atom stereocenters. The highest BCUT2D eigenvalue weighted by molar-refractivity contribution is 7.13. The van der Waals surface area contributed by atoms with Gasteiger partial charge in [-0.05, 0) is 30.5 Å². The number of aromatic nitrogens is 1. The summed E-state index contributed by atoms with van der Waals surface area (Å²) in [4.78, 5) is 18.6. The Morgan fingerprint density at radius 3 is 2.81 bits per heavy atom. The number of anilines is 1. The maximum absolute atomic E-state index is 13.1. The van der Waals surface area contributed by atoms with Gasteiger partial charge in [0.25, 0.3) is 5.91 Å². The van der Waals surface area contributed by atoms with E-state index in [-0.39, 0.29) is 24.9 Å². The van der Waals surface area contributed by atoms with Crippen molar-refractivity contribution in [3.05, 3.63) is 46.7 Å². The lowest BCUT2D eigenvalue weighted by atomic mass is 9.73. The number of rotatable bonds is 5. The van der Waals surface area contributed by atoms with Gasteiger partial charge in [-0.2, -0.15) is 0 Å². The summed E-state index contributed by atoms with van der Waals surface area (Å²) in [6.45, 7) is 0.346. The molecule has 0 bridgehead atoms. The molecule has 0 saturated carbocycles. The first kappa shape index (κ1) is 18.8. The molecule has 2 aromatic rings. The van der Waals surface area contributed by atoms with Crippen molar-refractivity contribution in [1.82, 2.24) is 9.88 Å². The van der Waals surface area contributed by atoms with Gasteiger partial charge in [-0.15, -0.1) is 11.3 Å². The fourth-order valence-corrected chi connectivity index (χ4v) is 4.01. The zero-order chi connectivity index (χ0) is 18.7.